The molecule has 6 heteroatoms. The Bertz CT molecular complexity index is 954. The van der Waals surface area contributed by atoms with Gasteiger partial charge in [0, 0.05) is 36.6 Å². The molecule has 1 amide bonds. The number of aromatic nitrogens is 1. The van der Waals surface area contributed by atoms with Crippen LogP contribution < -0.4 is 5.73 Å². The Morgan fingerprint density at radius 1 is 1.17 bits per heavy atom. The molecule has 0 spiro atoms. The van der Waals surface area contributed by atoms with Crippen LogP contribution in [0.15, 0.2) is 60.8 Å². The fourth-order valence-corrected chi connectivity index (χ4v) is 3.36. The molecule has 29 heavy (non-hydrogen) atoms. The molecule has 0 aliphatic carbocycles. The highest BCUT2D eigenvalue weighted by molar-refractivity contribution is 5.83. The lowest BCUT2D eigenvalue weighted by Gasteiger charge is -2.31. The monoisotopic (exact) mass is 393 g/mol. The number of nitrogens with two attached hydrogens (primary N) is 1. The average Bonchev–Trinajstić information content (AvgIpc) is 3.14. The van der Waals surface area contributed by atoms with Crippen molar-refractivity contribution >= 4 is 23.3 Å². The quantitative estimate of drug-likeness (QED) is 0.546. The highest BCUT2D eigenvalue weighted by atomic mass is 16.6. The summed E-state index contributed by atoms with van der Waals surface area (Å²) in [4.78, 5) is 28.5. The summed E-state index contributed by atoms with van der Waals surface area (Å²) in [5.41, 5.74) is 8.26. The minimum Gasteiger partial charge on any atom is -0.441 e. The van der Waals surface area contributed by atoms with E-state index in [0.717, 1.165) is 22.0 Å². The number of carbonyl (C=O) groups excluding carboxylic acids is 2. The number of fused-ring (bicyclic) bond motifs is 1. The largest absolute Gasteiger partial charge is 0.441 e. The Hall–Kier alpha value is -3.12. The zero-order valence-corrected chi connectivity index (χ0v) is 16.6. The number of nitrogens with one attached hydrogen (secondary N) is 1. The maximum absolute atomic E-state index is 12.8. The molecule has 0 saturated heterocycles. The SMILES string of the molecule is CC(CN)(Cc1c[nH]c2ccccc12)OC(=O)N(CC=O)CCc1ccccc1. The molecule has 0 bridgehead atoms. The van der Waals surface area contributed by atoms with Gasteiger partial charge >= 0.3 is 6.09 Å². The third kappa shape index (κ3) is 5.23. The number of benzene rings is 2. The molecule has 1 atom stereocenters. The second-order valence-corrected chi connectivity index (χ2v) is 7.41. The van der Waals surface area contributed by atoms with Gasteiger partial charge < -0.3 is 25.1 Å². The van der Waals surface area contributed by atoms with Gasteiger partial charge in [-0.1, -0.05) is 48.5 Å². The Balaban J connectivity index is 1.69. The van der Waals surface area contributed by atoms with E-state index in [-0.39, 0.29) is 13.1 Å². The van der Waals surface area contributed by atoms with E-state index in [4.69, 9.17) is 10.5 Å². The molecule has 3 aromatic rings. The van der Waals surface area contributed by atoms with Gasteiger partial charge in [-0.3, -0.25) is 0 Å². The van der Waals surface area contributed by atoms with E-state index in [2.05, 4.69) is 4.98 Å². The van der Waals surface area contributed by atoms with Gasteiger partial charge in [-0.2, -0.15) is 0 Å². The van der Waals surface area contributed by atoms with E-state index in [1.807, 2.05) is 67.7 Å². The molecule has 0 fully saturated rings. The van der Waals surface area contributed by atoms with Crippen LogP contribution in [0.1, 0.15) is 18.1 Å². The molecule has 3 rings (SSSR count). The van der Waals surface area contributed by atoms with Crippen LogP contribution in [0, 0.1) is 0 Å². The summed E-state index contributed by atoms with van der Waals surface area (Å²) in [6.45, 7) is 2.38. The second-order valence-electron chi connectivity index (χ2n) is 7.41. The van der Waals surface area contributed by atoms with Gasteiger partial charge in [-0.15, -0.1) is 0 Å². The van der Waals surface area contributed by atoms with Crippen molar-refractivity contribution < 1.29 is 14.3 Å². The molecule has 2 aromatic carbocycles. The molecule has 1 heterocycles. The molecule has 152 valence electrons. The zero-order valence-electron chi connectivity index (χ0n) is 16.6. The number of amides is 1. The Morgan fingerprint density at radius 3 is 2.62 bits per heavy atom. The van der Waals surface area contributed by atoms with Crippen molar-refractivity contribution in [3.8, 4) is 0 Å². The van der Waals surface area contributed by atoms with Gasteiger partial charge in [0.1, 0.15) is 11.9 Å². The van der Waals surface area contributed by atoms with Crippen LogP contribution in [0.3, 0.4) is 0 Å². The first-order chi connectivity index (χ1) is 14.0. The zero-order chi connectivity index (χ0) is 20.7. The number of ether oxygens (including phenoxy) is 1. The minimum atomic E-state index is -0.879. The van der Waals surface area contributed by atoms with Crippen molar-refractivity contribution in [1.29, 1.82) is 0 Å². The minimum absolute atomic E-state index is 0.0145. The van der Waals surface area contributed by atoms with E-state index >= 15 is 0 Å². The number of nitrogens with zero attached hydrogens (tertiary/aromatic N) is 1. The van der Waals surface area contributed by atoms with Crippen LogP contribution in [0.4, 0.5) is 4.79 Å². The second kappa shape index (κ2) is 9.39. The van der Waals surface area contributed by atoms with Crippen LogP contribution in [0.5, 0.6) is 0 Å². The lowest BCUT2D eigenvalue weighted by Crippen LogP contribution is -2.46. The highest BCUT2D eigenvalue weighted by Gasteiger charge is 2.31. The lowest BCUT2D eigenvalue weighted by molar-refractivity contribution is -0.109. The summed E-state index contributed by atoms with van der Waals surface area (Å²) in [7, 11) is 0. The first kappa shape index (κ1) is 20.6. The van der Waals surface area contributed by atoms with Crippen LogP contribution in [0.2, 0.25) is 0 Å². The predicted molar refractivity (Wildman–Crippen MR) is 114 cm³/mol. The molecule has 6 nitrogen and oxygen atoms in total. The van der Waals surface area contributed by atoms with Gasteiger partial charge in [-0.25, -0.2) is 4.79 Å². The van der Waals surface area contributed by atoms with Crippen LogP contribution >= 0.6 is 0 Å². The number of aldehydes is 1. The smallest absolute Gasteiger partial charge is 0.410 e. The van der Waals surface area contributed by atoms with E-state index in [1.54, 1.807) is 0 Å². The summed E-state index contributed by atoms with van der Waals surface area (Å²) >= 11 is 0. The molecule has 0 aliphatic heterocycles. The molecule has 0 saturated carbocycles. The molecular formula is C23H27N3O3. The molecule has 0 aliphatic rings. The van der Waals surface area contributed by atoms with Crippen molar-refractivity contribution in [3.63, 3.8) is 0 Å². The standard InChI is InChI=1S/C23H27N3O3/c1-23(17-24,15-19-16-25-21-10-6-5-9-20(19)21)29-22(28)26(13-14-27)12-11-18-7-3-2-4-8-18/h2-10,14,16,25H,11-13,15,17,24H2,1H3. The average molecular weight is 393 g/mol. The van der Waals surface area contributed by atoms with Crippen molar-refractivity contribution in [2.75, 3.05) is 19.6 Å². The van der Waals surface area contributed by atoms with Crippen molar-refractivity contribution in [2.24, 2.45) is 5.73 Å². The summed E-state index contributed by atoms with van der Waals surface area (Å²) < 4.78 is 5.80. The van der Waals surface area contributed by atoms with E-state index < -0.39 is 11.7 Å². The molecule has 1 aromatic heterocycles. The molecule has 1 unspecified atom stereocenters. The fourth-order valence-electron chi connectivity index (χ4n) is 3.36. The Labute approximate surface area is 170 Å². The third-order valence-electron chi connectivity index (χ3n) is 5.07. The molecular weight excluding hydrogens is 366 g/mol. The number of carbonyl (C=O) groups is 2. The van der Waals surface area contributed by atoms with Gasteiger partial charge in [0.05, 0.1) is 6.54 Å². The normalized spacial score (nSPS) is 13.0. The highest BCUT2D eigenvalue weighted by Crippen LogP contribution is 2.24. The van der Waals surface area contributed by atoms with Crippen LogP contribution in [-0.4, -0.2) is 47.5 Å². The van der Waals surface area contributed by atoms with E-state index in [1.165, 1.54) is 4.90 Å². The van der Waals surface area contributed by atoms with E-state index in [9.17, 15) is 9.59 Å². The van der Waals surface area contributed by atoms with Gasteiger partial charge in [-0.05, 0) is 30.5 Å². The molecule has 0 radical (unpaired) electrons. The number of H-pyrrole nitrogens is 1. The predicted octanol–water partition coefficient (Wildman–Crippen LogP) is 3.31. The number of aromatic amines is 1. The first-order valence-corrected chi connectivity index (χ1v) is 9.75. The Morgan fingerprint density at radius 2 is 1.90 bits per heavy atom. The fraction of sp³-hybridized carbons (Fsp3) is 0.304. The lowest BCUT2D eigenvalue weighted by atomic mass is 9.96. The summed E-state index contributed by atoms with van der Waals surface area (Å²) in [5.74, 6) is 0. The number of hydrogen-bond acceptors (Lipinski definition) is 4. The number of hydrogen-bond donors (Lipinski definition) is 2. The Kier molecular flexibility index (Phi) is 6.67. The third-order valence-corrected chi connectivity index (χ3v) is 5.07. The van der Waals surface area contributed by atoms with E-state index in [0.29, 0.717) is 25.7 Å². The maximum Gasteiger partial charge on any atom is 0.410 e. The summed E-state index contributed by atoms with van der Waals surface area (Å²) in [5, 5.41) is 1.08. The number of para-hydroxylation sites is 1. The first-order valence-electron chi connectivity index (χ1n) is 9.75. The molecule has 3 N–H and O–H groups in total. The van der Waals surface area contributed by atoms with Crippen molar-refractivity contribution in [1.82, 2.24) is 9.88 Å². The van der Waals surface area contributed by atoms with Crippen LogP contribution in [0.25, 0.3) is 10.9 Å². The van der Waals surface area contributed by atoms with Crippen molar-refractivity contribution in [2.45, 2.75) is 25.4 Å². The topological polar surface area (TPSA) is 88.4 Å². The van der Waals surface area contributed by atoms with Gasteiger partial charge in [0.25, 0.3) is 0 Å². The van der Waals surface area contributed by atoms with Crippen molar-refractivity contribution in [3.05, 3.63) is 71.9 Å². The summed E-state index contributed by atoms with van der Waals surface area (Å²) in [6.07, 6.45) is 3.23. The maximum atomic E-state index is 12.8. The van der Waals surface area contributed by atoms with Gasteiger partial charge in [0.15, 0.2) is 0 Å². The summed E-state index contributed by atoms with van der Waals surface area (Å²) in [6, 6.07) is 17.8. The van der Waals surface area contributed by atoms with Crippen LogP contribution in [-0.2, 0) is 22.4 Å². The van der Waals surface area contributed by atoms with Gasteiger partial charge in [0.2, 0.25) is 0 Å². The number of rotatable bonds is 9.